The number of carbonyl (C=O) groups excluding carboxylic acids is 1. The van der Waals surface area contributed by atoms with Crippen LogP contribution in [0.1, 0.15) is 23.7 Å². The molecule has 1 aliphatic rings. The lowest BCUT2D eigenvalue weighted by Gasteiger charge is -2.23. The number of benzene rings is 1. The van der Waals surface area contributed by atoms with Crippen LogP contribution >= 0.6 is 11.6 Å². The maximum absolute atomic E-state index is 12.2. The number of sulfone groups is 1. The number of rotatable bonds is 3. The highest BCUT2D eigenvalue weighted by molar-refractivity contribution is 7.91. The van der Waals surface area contributed by atoms with Gasteiger partial charge in [0, 0.05) is 11.1 Å². The molecular formula is C12H13ClN2O5S. The summed E-state index contributed by atoms with van der Waals surface area (Å²) in [5.74, 6) is -0.898. The quantitative estimate of drug-likeness (QED) is 0.667. The van der Waals surface area contributed by atoms with Crippen molar-refractivity contribution in [3.8, 4) is 0 Å². The second kappa shape index (κ2) is 5.27. The van der Waals surface area contributed by atoms with Crippen LogP contribution in [0.4, 0.5) is 5.69 Å². The van der Waals surface area contributed by atoms with Crippen molar-refractivity contribution >= 4 is 33.0 Å². The van der Waals surface area contributed by atoms with Crippen molar-refractivity contribution in [3.63, 3.8) is 0 Å². The van der Waals surface area contributed by atoms with Crippen LogP contribution in [0.3, 0.4) is 0 Å². The summed E-state index contributed by atoms with van der Waals surface area (Å²) in [5, 5.41) is 13.7. The van der Waals surface area contributed by atoms with Gasteiger partial charge in [0.15, 0.2) is 9.84 Å². The molecule has 7 nitrogen and oxygen atoms in total. The van der Waals surface area contributed by atoms with Crippen molar-refractivity contribution in [2.24, 2.45) is 0 Å². The fourth-order valence-corrected chi connectivity index (χ4v) is 4.57. The van der Waals surface area contributed by atoms with E-state index < -0.39 is 26.2 Å². The SMILES string of the molecule is CC1(NC(=O)c2cc(Cl)ccc2[N+](=O)[O-])CCS(=O)(=O)C1. The Morgan fingerprint density at radius 3 is 2.67 bits per heavy atom. The summed E-state index contributed by atoms with van der Waals surface area (Å²) in [6.45, 7) is 1.60. The number of halogens is 1. The van der Waals surface area contributed by atoms with Crippen LogP contribution in [0.15, 0.2) is 18.2 Å². The lowest BCUT2D eigenvalue weighted by Crippen LogP contribution is -2.47. The van der Waals surface area contributed by atoms with Crippen molar-refractivity contribution in [1.29, 1.82) is 0 Å². The monoisotopic (exact) mass is 332 g/mol. The van der Waals surface area contributed by atoms with Crippen molar-refractivity contribution in [2.45, 2.75) is 18.9 Å². The molecule has 1 aliphatic heterocycles. The molecule has 0 aromatic heterocycles. The van der Waals surface area contributed by atoms with E-state index in [2.05, 4.69) is 5.32 Å². The number of hydrogen-bond donors (Lipinski definition) is 1. The minimum Gasteiger partial charge on any atom is -0.346 e. The van der Waals surface area contributed by atoms with Crippen molar-refractivity contribution in [3.05, 3.63) is 38.9 Å². The van der Waals surface area contributed by atoms with Gasteiger partial charge in [-0.2, -0.15) is 0 Å². The molecule has 1 atom stereocenters. The minimum atomic E-state index is -3.19. The smallest absolute Gasteiger partial charge is 0.282 e. The second-order valence-corrected chi connectivity index (χ2v) is 7.90. The standard InChI is InChI=1S/C12H13ClN2O5S/c1-12(4-5-21(19,20)7-12)14-11(16)9-6-8(13)2-3-10(9)15(17)18/h2-3,6H,4-5,7H2,1H3,(H,14,16). The lowest BCUT2D eigenvalue weighted by atomic mass is 10.0. The van der Waals surface area contributed by atoms with Crippen LogP contribution < -0.4 is 5.32 Å². The Balaban J connectivity index is 2.29. The molecule has 114 valence electrons. The molecule has 1 N–H and O–H groups in total. The van der Waals surface area contributed by atoms with Crippen LogP contribution in [0.2, 0.25) is 5.02 Å². The third kappa shape index (κ3) is 3.51. The molecule has 0 spiro atoms. The van der Waals surface area contributed by atoms with Crippen LogP contribution in [-0.4, -0.2) is 36.3 Å². The lowest BCUT2D eigenvalue weighted by molar-refractivity contribution is -0.385. The first-order valence-corrected chi connectivity index (χ1v) is 8.29. The van der Waals surface area contributed by atoms with Crippen LogP contribution in [0.25, 0.3) is 0 Å². The number of nitro groups is 1. The molecule has 1 aromatic rings. The van der Waals surface area contributed by atoms with Gasteiger partial charge in [0.1, 0.15) is 5.56 Å². The Hall–Kier alpha value is -1.67. The fourth-order valence-electron chi connectivity index (χ4n) is 2.30. The van der Waals surface area contributed by atoms with Gasteiger partial charge in [-0.25, -0.2) is 8.42 Å². The summed E-state index contributed by atoms with van der Waals surface area (Å²) >= 11 is 5.76. The van der Waals surface area contributed by atoms with Crippen molar-refractivity contribution < 1.29 is 18.1 Å². The predicted octanol–water partition coefficient (Wildman–Crippen LogP) is 1.56. The van der Waals surface area contributed by atoms with Gasteiger partial charge in [0.25, 0.3) is 11.6 Å². The number of amides is 1. The van der Waals surface area contributed by atoms with Gasteiger partial charge < -0.3 is 5.32 Å². The molecule has 21 heavy (non-hydrogen) atoms. The Morgan fingerprint density at radius 1 is 1.48 bits per heavy atom. The topological polar surface area (TPSA) is 106 Å². The van der Waals surface area contributed by atoms with E-state index in [0.29, 0.717) is 0 Å². The molecule has 0 aliphatic carbocycles. The van der Waals surface area contributed by atoms with E-state index in [9.17, 15) is 23.3 Å². The highest BCUT2D eigenvalue weighted by Gasteiger charge is 2.40. The van der Waals surface area contributed by atoms with E-state index >= 15 is 0 Å². The molecule has 1 saturated heterocycles. The Bertz CT molecular complexity index is 718. The molecular weight excluding hydrogens is 320 g/mol. The van der Waals surface area contributed by atoms with Gasteiger partial charge in [-0.1, -0.05) is 11.6 Å². The summed E-state index contributed by atoms with van der Waals surface area (Å²) < 4.78 is 23.0. The maximum atomic E-state index is 12.2. The van der Waals surface area contributed by atoms with Crippen LogP contribution in [-0.2, 0) is 9.84 Å². The largest absolute Gasteiger partial charge is 0.346 e. The first-order chi connectivity index (χ1) is 9.62. The number of carbonyl (C=O) groups is 1. The normalized spacial score (nSPS) is 23.7. The zero-order valence-corrected chi connectivity index (χ0v) is 12.7. The molecule has 0 radical (unpaired) electrons. The van der Waals surface area contributed by atoms with E-state index in [1.54, 1.807) is 6.92 Å². The van der Waals surface area contributed by atoms with Gasteiger partial charge in [-0.15, -0.1) is 0 Å². The van der Waals surface area contributed by atoms with Crippen LogP contribution in [0.5, 0.6) is 0 Å². The first kappa shape index (κ1) is 15.7. The number of nitrogens with one attached hydrogen (secondary N) is 1. The predicted molar refractivity (Wildman–Crippen MR) is 77.2 cm³/mol. The van der Waals surface area contributed by atoms with Gasteiger partial charge >= 0.3 is 0 Å². The molecule has 1 aromatic carbocycles. The molecule has 0 bridgehead atoms. The summed E-state index contributed by atoms with van der Waals surface area (Å²) in [6, 6.07) is 3.66. The van der Waals surface area contributed by atoms with Crippen molar-refractivity contribution in [2.75, 3.05) is 11.5 Å². The number of nitro benzene ring substituents is 1. The summed E-state index contributed by atoms with van der Waals surface area (Å²) in [7, 11) is -3.19. The van der Waals surface area contributed by atoms with E-state index in [1.807, 2.05) is 0 Å². The minimum absolute atomic E-state index is 0.0125. The van der Waals surface area contributed by atoms with E-state index in [0.717, 1.165) is 6.07 Å². The Kier molecular flexibility index (Phi) is 3.94. The van der Waals surface area contributed by atoms with E-state index in [-0.39, 0.29) is 34.2 Å². The maximum Gasteiger partial charge on any atom is 0.282 e. The number of hydrogen-bond acceptors (Lipinski definition) is 5. The van der Waals surface area contributed by atoms with Gasteiger partial charge in [-0.05, 0) is 25.5 Å². The summed E-state index contributed by atoms with van der Waals surface area (Å²) in [5.41, 5.74) is -1.48. The summed E-state index contributed by atoms with van der Waals surface area (Å²) in [6.07, 6.45) is 0.273. The van der Waals surface area contributed by atoms with Gasteiger partial charge in [0.05, 0.1) is 22.0 Å². The van der Waals surface area contributed by atoms with Crippen molar-refractivity contribution in [1.82, 2.24) is 5.32 Å². The van der Waals surface area contributed by atoms with Gasteiger partial charge in [0.2, 0.25) is 0 Å². The molecule has 1 fully saturated rings. The molecule has 1 unspecified atom stereocenters. The second-order valence-electron chi connectivity index (χ2n) is 5.28. The first-order valence-electron chi connectivity index (χ1n) is 6.09. The van der Waals surface area contributed by atoms with Gasteiger partial charge in [-0.3, -0.25) is 14.9 Å². The Labute approximate surface area is 126 Å². The third-order valence-corrected chi connectivity index (χ3v) is 5.46. The average molecular weight is 333 g/mol. The Morgan fingerprint density at radius 2 is 2.14 bits per heavy atom. The average Bonchev–Trinajstić information content (AvgIpc) is 2.62. The fraction of sp³-hybridized carbons (Fsp3) is 0.417. The molecule has 9 heteroatoms. The molecule has 1 heterocycles. The molecule has 2 rings (SSSR count). The third-order valence-electron chi connectivity index (χ3n) is 3.32. The highest BCUT2D eigenvalue weighted by atomic mass is 35.5. The van der Waals surface area contributed by atoms with Crippen LogP contribution in [0, 0.1) is 10.1 Å². The number of nitrogens with zero attached hydrogens (tertiary/aromatic N) is 1. The van der Waals surface area contributed by atoms with E-state index in [1.165, 1.54) is 12.1 Å². The molecule has 1 amide bonds. The summed E-state index contributed by atoms with van der Waals surface area (Å²) in [4.78, 5) is 22.5. The zero-order chi connectivity index (χ0) is 15.8. The van der Waals surface area contributed by atoms with E-state index in [4.69, 9.17) is 11.6 Å². The highest BCUT2D eigenvalue weighted by Crippen LogP contribution is 2.26. The molecule has 0 saturated carbocycles. The zero-order valence-electron chi connectivity index (χ0n) is 11.1.